The van der Waals surface area contributed by atoms with Gasteiger partial charge >= 0.3 is 45.0 Å². The predicted octanol–water partition coefficient (Wildman–Crippen LogP) is 0.652. The number of rotatable bonds is 0. The second kappa shape index (κ2) is 4.95. The number of hydrogen-bond acceptors (Lipinski definition) is 0. The van der Waals surface area contributed by atoms with Crippen molar-refractivity contribution in [3.63, 3.8) is 0 Å². The van der Waals surface area contributed by atoms with Gasteiger partial charge in [0.15, 0.2) is 0 Å². The summed E-state index contributed by atoms with van der Waals surface area (Å²) in [7, 11) is 2.63. The molecule has 0 aliphatic carbocycles. The molecule has 0 N–H and O–H groups in total. The van der Waals surface area contributed by atoms with E-state index in [4.69, 9.17) is 0 Å². The Hall–Kier alpha value is 1.12. The van der Waals surface area contributed by atoms with Crippen LogP contribution in [-0.2, 0) is 0 Å². The standard InChI is InChI=1S/C6H7P.Ra.2H/c7-6-4-2-1-3-5-6;;;/h1-5H,7H2;;;. The van der Waals surface area contributed by atoms with Crippen LogP contribution in [0.4, 0.5) is 0 Å². The van der Waals surface area contributed by atoms with Crippen LogP contribution in [0.1, 0.15) is 0 Å². The van der Waals surface area contributed by atoms with Crippen molar-refractivity contribution in [1.29, 1.82) is 0 Å². The fourth-order valence-corrected chi connectivity index (χ4v) is 0.675. The molecule has 1 aromatic rings. The van der Waals surface area contributed by atoms with E-state index < -0.39 is 0 Å². The fourth-order valence-electron chi connectivity index (χ4n) is 0.453. The Bertz CT molecular complexity index is 138. The molecule has 1 atom stereocenters. The van der Waals surface area contributed by atoms with Crippen molar-refractivity contribution in [3.8, 4) is 0 Å². The molecule has 0 amide bonds. The zero-order valence-electron chi connectivity index (χ0n) is 3.96. The zero-order valence-corrected chi connectivity index (χ0v) is 5.12. The Labute approximate surface area is 88.7 Å². The van der Waals surface area contributed by atoms with Crippen LogP contribution in [0.15, 0.2) is 30.3 Å². The van der Waals surface area contributed by atoms with Gasteiger partial charge in [-0.25, -0.2) is 0 Å². The van der Waals surface area contributed by atoms with Crippen molar-refractivity contribution < 1.29 is 45.0 Å². The van der Waals surface area contributed by atoms with Crippen molar-refractivity contribution in [2.75, 3.05) is 0 Å². The van der Waals surface area contributed by atoms with Crippen molar-refractivity contribution in [2.24, 2.45) is 0 Å². The van der Waals surface area contributed by atoms with Gasteiger partial charge in [0.05, 0.1) is 0 Å². The van der Waals surface area contributed by atoms with E-state index in [-0.39, 0.29) is 45.0 Å². The van der Waals surface area contributed by atoms with Gasteiger partial charge in [-0.05, 0) is 5.30 Å². The van der Waals surface area contributed by atoms with Gasteiger partial charge in [0.25, 0.3) is 0 Å². The third kappa shape index (κ3) is 3.20. The first-order chi connectivity index (χ1) is 3.39. The fraction of sp³-hybridized carbons (Fsp3) is 0. The van der Waals surface area contributed by atoms with E-state index in [0.29, 0.717) is 0 Å². The summed E-state index contributed by atoms with van der Waals surface area (Å²) < 4.78 is 0. The molecule has 8 heavy (non-hydrogen) atoms. The average Bonchev–Trinajstić information content (AvgIpc) is 1.69. The molecule has 1 aromatic carbocycles. The summed E-state index contributed by atoms with van der Waals surface area (Å²) in [4.78, 5) is 0. The summed E-state index contributed by atoms with van der Waals surface area (Å²) in [5.41, 5.74) is 0. The summed E-state index contributed by atoms with van der Waals surface area (Å²) >= 11 is 0. The minimum atomic E-state index is 0. The molecule has 0 aliphatic rings. The van der Waals surface area contributed by atoms with E-state index in [1.165, 1.54) is 5.30 Å². The molecule has 0 fully saturated rings. The first kappa shape index (κ1) is 9.12. The third-order valence-corrected chi connectivity index (χ3v) is 1.18. The van der Waals surface area contributed by atoms with Gasteiger partial charge in [0, 0.05) is 0 Å². The second-order valence-corrected chi connectivity index (χ2v) is 2.08. The average molecular weight is 338 g/mol. The van der Waals surface area contributed by atoms with E-state index in [1.807, 2.05) is 30.3 Å². The van der Waals surface area contributed by atoms with Crippen LogP contribution in [-0.4, -0.2) is 0 Å². The molecule has 2 heteroatoms. The van der Waals surface area contributed by atoms with Crippen LogP contribution < -0.4 is 5.30 Å². The number of hydrogen-bond donors (Lipinski definition) is 0. The molecular formula is C6H9PRa. The minimum absolute atomic E-state index is 0. The molecule has 0 saturated heterocycles. The van der Waals surface area contributed by atoms with Gasteiger partial charge in [0.1, 0.15) is 0 Å². The summed E-state index contributed by atoms with van der Waals surface area (Å²) in [6, 6.07) is 10.1. The van der Waals surface area contributed by atoms with Crippen LogP contribution in [0.3, 0.4) is 0 Å². The van der Waals surface area contributed by atoms with Gasteiger partial charge < -0.3 is 0 Å². The molecule has 0 aromatic heterocycles. The van der Waals surface area contributed by atoms with Crippen LogP contribution in [0.2, 0.25) is 0 Å². The Balaban J connectivity index is 0.000000490. The van der Waals surface area contributed by atoms with Gasteiger partial charge in [0.2, 0.25) is 0 Å². The van der Waals surface area contributed by atoms with Crippen molar-refractivity contribution in [2.45, 2.75) is 0 Å². The topological polar surface area (TPSA) is 0 Å². The maximum atomic E-state index is 2.63. The van der Waals surface area contributed by atoms with Crippen molar-refractivity contribution >= 4 is 14.5 Å². The third-order valence-electron chi connectivity index (χ3n) is 0.800. The van der Waals surface area contributed by atoms with E-state index in [1.54, 1.807) is 0 Å². The first-order valence-corrected chi connectivity index (χ1v) is 2.78. The summed E-state index contributed by atoms with van der Waals surface area (Å²) in [5, 5.41) is 1.24. The number of benzene rings is 1. The molecule has 0 nitrogen and oxygen atoms in total. The van der Waals surface area contributed by atoms with E-state index in [2.05, 4.69) is 9.24 Å². The van der Waals surface area contributed by atoms with E-state index in [0.717, 1.165) is 0 Å². The van der Waals surface area contributed by atoms with E-state index >= 15 is 0 Å². The Kier molecular flexibility index (Phi) is 5.64. The molecule has 1 rings (SSSR count). The van der Waals surface area contributed by atoms with Crippen LogP contribution in [0.25, 0.3) is 0 Å². The summed E-state index contributed by atoms with van der Waals surface area (Å²) in [6.45, 7) is 0. The second-order valence-electron chi connectivity index (χ2n) is 1.41. The van der Waals surface area contributed by atoms with Crippen molar-refractivity contribution in [3.05, 3.63) is 30.3 Å². The SMILES string of the molecule is Pc1ccccc1.[RaH2]. The Morgan fingerprint density at radius 3 is 1.75 bits per heavy atom. The van der Waals surface area contributed by atoms with Gasteiger partial charge in [-0.3, -0.25) is 0 Å². The zero-order chi connectivity index (χ0) is 5.11. The molecule has 0 heterocycles. The summed E-state index contributed by atoms with van der Waals surface area (Å²) in [5.74, 6) is 0. The molecular weight excluding hydrogens is 329 g/mol. The van der Waals surface area contributed by atoms with Crippen molar-refractivity contribution in [1.82, 2.24) is 0 Å². The van der Waals surface area contributed by atoms with Gasteiger partial charge in [-0.1, -0.05) is 30.3 Å². The molecule has 0 radical (unpaired) electrons. The van der Waals surface area contributed by atoms with Gasteiger partial charge in [-0.2, -0.15) is 0 Å². The van der Waals surface area contributed by atoms with E-state index in [9.17, 15) is 0 Å². The van der Waals surface area contributed by atoms with Gasteiger partial charge in [-0.15, -0.1) is 9.24 Å². The normalized spacial score (nSPS) is 7.62. The molecule has 0 aliphatic heterocycles. The van der Waals surface area contributed by atoms with Crippen LogP contribution >= 0.6 is 9.24 Å². The molecule has 0 bridgehead atoms. The first-order valence-electron chi connectivity index (χ1n) is 2.20. The molecule has 40 valence electrons. The quantitative estimate of drug-likeness (QED) is 0.610. The maximum absolute atomic E-state index is 2.63. The Morgan fingerprint density at radius 2 is 1.50 bits per heavy atom. The predicted molar refractivity (Wildman–Crippen MR) is 38.6 cm³/mol. The van der Waals surface area contributed by atoms with Crippen LogP contribution in [0, 0.1) is 45.0 Å². The molecule has 1 unspecified atom stereocenters. The van der Waals surface area contributed by atoms with Crippen LogP contribution in [0.5, 0.6) is 0 Å². The molecule has 0 spiro atoms. The monoisotopic (exact) mass is 338 g/mol. The Morgan fingerprint density at radius 1 is 1.00 bits per heavy atom. The summed E-state index contributed by atoms with van der Waals surface area (Å²) in [6.07, 6.45) is 0. The molecule has 0 saturated carbocycles.